The molecule has 194 valence electrons. The second-order valence-corrected chi connectivity index (χ2v) is 10.7. The number of hydrogen-bond acceptors (Lipinski definition) is 5. The van der Waals surface area contributed by atoms with E-state index < -0.39 is 49.7 Å². The van der Waals surface area contributed by atoms with E-state index in [9.17, 15) is 30.8 Å². The van der Waals surface area contributed by atoms with Crippen LogP contribution in [0.5, 0.6) is 0 Å². The second-order valence-electron chi connectivity index (χ2n) is 9.10. The van der Waals surface area contributed by atoms with Gasteiger partial charge in [-0.05, 0) is 68.3 Å². The van der Waals surface area contributed by atoms with E-state index in [1.54, 1.807) is 29.1 Å². The van der Waals surface area contributed by atoms with Crippen LogP contribution in [0.15, 0.2) is 71.9 Å². The number of ether oxygens (including phenoxy) is 1. The topological polar surface area (TPSA) is 89.8 Å². The van der Waals surface area contributed by atoms with Crippen molar-refractivity contribution in [3.63, 3.8) is 0 Å². The molecule has 0 atom stereocenters. The Bertz CT molecular complexity index is 1610. The SMILES string of the molecule is CC(C)(C)OC(=O)NS(=O)(=O)c1c(-c2cccc(F)c2)cc(-c2cccn3nccc23)cc1C(F)(F)F. The van der Waals surface area contributed by atoms with E-state index in [2.05, 4.69) is 5.10 Å². The van der Waals surface area contributed by atoms with Crippen LogP contribution in [0.3, 0.4) is 0 Å². The van der Waals surface area contributed by atoms with Crippen molar-refractivity contribution in [2.45, 2.75) is 37.4 Å². The first-order valence-electron chi connectivity index (χ1n) is 10.9. The van der Waals surface area contributed by atoms with Crippen molar-refractivity contribution in [2.75, 3.05) is 0 Å². The van der Waals surface area contributed by atoms with Crippen LogP contribution in [0.4, 0.5) is 22.4 Å². The van der Waals surface area contributed by atoms with Crippen LogP contribution in [0, 0.1) is 5.82 Å². The molecule has 2 heterocycles. The molecule has 7 nitrogen and oxygen atoms in total. The lowest BCUT2D eigenvalue weighted by Gasteiger charge is -2.22. The lowest BCUT2D eigenvalue weighted by molar-refractivity contribution is -0.139. The minimum atomic E-state index is -5.17. The zero-order valence-corrected chi connectivity index (χ0v) is 20.6. The molecule has 0 aliphatic rings. The number of halogens is 4. The Morgan fingerprint density at radius 3 is 2.35 bits per heavy atom. The van der Waals surface area contributed by atoms with E-state index in [-0.39, 0.29) is 11.1 Å². The van der Waals surface area contributed by atoms with Crippen molar-refractivity contribution in [3.8, 4) is 22.3 Å². The number of hydrogen-bond donors (Lipinski definition) is 1. The van der Waals surface area contributed by atoms with Crippen molar-refractivity contribution in [1.82, 2.24) is 14.3 Å². The molecule has 0 unspecified atom stereocenters. The quantitative estimate of drug-likeness (QED) is 0.322. The minimum absolute atomic E-state index is 0.00824. The highest BCUT2D eigenvalue weighted by molar-refractivity contribution is 7.90. The van der Waals surface area contributed by atoms with Crippen molar-refractivity contribution >= 4 is 21.6 Å². The molecule has 0 aliphatic carbocycles. The van der Waals surface area contributed by atoms with Gasteiger partial charge >= 0.3 is 12.3 Å². The Kier molecular flexibility index (Phi) is 6.49. The van der Waals surface area contributed by atoms with Gasteiger partial charge in [0.25, 0.3) is 10.0 Å². The monoisotopic (exact) mass is 535 g/mol. The van der Waals surface area contributed by atoms with Gasteiger partial charge < -0.3 is 4.74 Å². The van der Waals surface area contributed by atoms with Crippen molar-refractivity contribution in [3.05, 3.63) is 78.4 Å². The van der Waals surface area contributed by atoms with Gasteiger partial charge in [0.05, 0.1) is 11.1 Å². The molecule has 4 rings (SSSR count). The average molecular weight is 536 g/mol. The number of benzene rings is 2. The van der Waals surface area contributed by atoms with E-state index in [0.717, 1.165) is 12.1 Å². The number of carbonyl (C=O) groups excluding carboxylic acids is 1. The molecule has 4 aromatic rings. The summed E-state index contributed by atoms with van der Waals surface area (Å²) in [6.07, 6.45) is -3.57. The molecule has 1 N–H and O–H groups in total. The summed E-state index contributed by atoms with van der Waals surface area (Å²) >= 11 is 0. The molecule has 1 amide bonds. The third kappa shape index (κ3) is 5.58. The average Bonchev–Trinajstić information content (AvgIpc) is 3.25. The van der Waals surface area contributed by atoms with E-state index >= 15 is 0 Å². The van der Waals surface area contributed by atoms with E-state index in [4.69, 9.17) is 4.74 Å². The van der Waals surface area contributed by atoms with Gasteiger partial charge in [0, 0.05) is 23.5 Å². The highest BCUT2D eigenvalue weighted by Gasteiger charge is 2.41. The number of rotatable bonds is 4. The summed E-state index contributed by atoms with van der Waals surface area (Å²) in [4.78, 5) is 11.0. The molecular weight excluding hydrogens is 514 g/mol. The zero-order valence-electron chi connectivity index (χ0n) is 19.8. The highest BCUT2D eigenvalue weighted by Crippen LogP contribution is 2.43. The Hall–Kier alpha value is -3.93. The molecule has 0 bridgehead atoms. The van der Waals surface area contributed by atoms with Crippen LogP contribution < -0.4 is 4.72 Å². The molecule has 37 heavy (non-hydrogen) atoms. The van der Waals surface area contributed by atoms with Crippen LogP contribution in [-0.4, -0.2) is 29.7 Å². The van der Waals surface area contributed by atoms with Gasteiger partial charge in [0.2, 0.25) is 0 Å². The van der Waals surface area contributed by atoms with Gasteiger partial charge in [-0.25, -0.2) is 26.8 Å². The maximum absolute atomic E-state index is 14.4. The second kappa shape index (κ2) is 9.18. The lowest BCUT2D eigenvalue weighted by atomic mass is 9.95. The number of pyridine rings is 1. The zero-order chi connectivity index (χ0) is 27.2. The van der Waals surface area contributed by atoms with Crippen molar-refractivity contribution in [2.24, 2.45) is 0 Å². The van der Waals surface area contributed by atoms with Gasteiger partial charge in [0.15, 0.2) is 0 Å². The molecule has 0 aliphatic heterocycles. The molecule has 2 aromatic carbocycles. The third-order valence-corrected chi connectivity index (χ3v) is 6.58. The van der Waals surface area contributed by atoms with Gasteiger partial charge in [-0.15, -0.1) is 0 Å². The Morgan fingerprint density at radius 2 is 1.70 bits per heavy atom. The maximum atomic E-state index is 14.4. The van der Waals surface area contributed by atoms with Crippen LogP contribution in [0.2, 0.25) is 0 Å². The molecule has 0 radical (unpaired) electrons. The van der Waals surface area contributed by atoms with Crippen LogP contribution in [0.1, 0.15) is 26.3 Å². The predicted octanol–water partition coefficient (Wildman–Crippen LogP) is 6.04. The lowest BCUT2D eigenvalue weighted by Crippen LogP contribution is -2.37. The van der Waals surface area contributed by atoms with Crippen LogP contribution >= 0.6 is 0 Å². The third-order valence-electron chi connectivity index (χ3n) is 5.16. The first kappa shape index (κ1) is 26.1. The summed E-state index contributed by atoms with van der Waals surface area (Å²) in [5.74, 6) is -0.794. The number of sulfonamides is 1. The Morgan fingerprint density at radius 1 is 0.973 bits per heavy atom. The predicted molar refractivity (Wildman–Crippen MR) is 128 cm³/mol. The van der Waals surface area contributed by atoms with Gasteiger partial charge in [-0.3, -0.25) is 0 Å². The van der Waals surface area contributed by atoms with Crippen molar-refractivity contribution < 1.29 is 35.5 Å². The minimum Gasteiger partial charge on any atom is -0.443 e. The van der Waals surface area contributed by atoms with E-state index in [1.165, 1.54) is 49.7 Å². The fourth-order valence-electron chi connectivity index (χ4n) is 3.81. The molecular formula is C25H21F4N3O4S. The fraction of sp³-hybridized carbons (Fsp3) is 0.200. The number of alkyl halides is 3. The summed E-state index contributed by atoms with van der Waals surface area (Å²) in [6, 6.07) is 11.1. The summed E-state index contributed by atoms with van der Waals surface area (Å²) in [6.45, 7) is 4.39. The Labute approximate surface area is 209 Å². The smallest absolute Gasteiger partial charge is 0.421 e. The first-order chi connectivity index (χ1) is 17.2. The highest BCUT2D eigenvalue weighted by atomic mass is 32.2. The number of nitrogens with zero attached hydrogens (tertiary/aromatic N) is 2. The van der Waals surface area contributed by atoms with Crippen molar-refractivity contribution in [1.29, 1.82) is 0 Å². The Balaban J connectivity index is 2.04. The van der Waals surface area contributed by atoms with Crippen LogP contribution in [0.25, 0.3) is 27.8 Å². The maximum Gasteiger partial charge on any atom is 0.421 e. The number of nitrogens with one attached hydrogen (secondary N) is 1. The van der Waals surface area contributed by atoms with Crippen LogP contribution in [-0.2, 0) is 20.9 Å². The fourth-order valence-corrected chi connectivity index (χ4v) is 5.10. The largest absolute Gasteiger partial charge is 0.443 e. The first-order valence-corrected chi connectivity index (χ1v) is 12.3. The summed E-state index contributed by atoms with van der Waals surface area (Å²) in [5, 5.41) is 4.07. The normalized spacial score (nSPS) is 12.5. The number of amides is 1. The molecule has 2 aromatic heterocycles. The summed E-state index contributed by atoms with van der Waals surface area (Å²) in [5.41, 5.74) is -2.46. The molecule has 0 fully saturated rings. The van der Waals surface area contributed by atoms with Gasteiger partial charge in [-0.2, -0.15) is 18.3 Å². The molecule has 12 heteroatoms. The number of carbonyl (C=O) groups is 1. The molecule has 0 saturated carbocycles. The molecule has 0 saturated heterocycles. The van der Waals surface area contributed by atoms with Gasteiger partial charge in [0.1, 0.15) is 16.3 Å². The van der Waals surface area contributed by atoms with E-state index in [0.29, 0.717) is 17.1 Å². The molecule has 0 spiro atoms. The van der Waals surface area contributed by atoms with Gasteiger partial charge in [-0.1, -0.05) is 18.2 Å². The summed E-state index contributed by atoms with van der Waals surface area (Å²) in [7, 11) is -5.15. The number of aromatic nitrogens is 2. The standard InChI is InChI=1S/C25H21F4N3O4S/c1-24(2,3)36-23(33)31-37(34,35)22-19(15-6-4-7-17(26)12-15)13-16(14-20(22)25(27,28)29)18-8-5-11-32-21(18)9-10-30-32/h4-14H,1-3H3,(H,31,33). The number of fused-ring (bicyclic) bond motifs is 1. The van der Waals surface area contributed by atoms with E-state index in [1.807, 2.05) is 0 Å². The summed E-state index contributed by atoms with van der Waals surface area (Å²) < 4.78 is 91.8.